The number of hydrogen-bond donors (Lipinski definition) is 0. The van der Waals surface area contributed by atoms with Crippen LogP contribution >= 0.6 is 15.9 Å². The van der Waals surface area contributed by atoms with E-state index in [2.05, 4.69) is 20.7 Å². The molecule has 1 aliphatic rings. The molecule has 0 aliphatic carbocycles. The standard InChI is InChI=1S/C18H24BrNO6S/c1-3-4-8-20(14-7-9-27(23,24)12-14)17(21)11-26-16-6-5-13(10-15(16)19)18(22)25-2/h5-6,10,14H,3-4,7-9,11-12H2,1-2H3. The molecule has 0 radical (unpaired) electrons. The summed E-state index contributed by atoms with van der Waals surface area (Å²) in [5.74, 6) is -0.152. The van der Waals surface area contributed by atoms with E-state index in [4.69, 9.17) is 4.74 Å². The molecule has 150 valence electrons. The quantitative estimate of drug-likeness (QED) is 0.552. The molecule has 1 amide bonds. The SMILES string of the molecule is CCCCN(C(=O)COc1ccc(C(=O)OC)cc1Br)C1CCS(=O)(=O)C1. The monoisotopic (exact) mass is 461 g/mol. The number of methoxy groups -OCH3 is 1. The van der Waals surface area contributed by atoms with Crippen LogP contribution in [0, 0.1) is 0 Å². The molecule has 0 saturated carbocycles. The van der Waals surface area contributed by atoms with Gasteiger partial charge in [0.05, 0.1) is 28.7 Å². The third kappa shape index (κ3) is 5.93. The number of benzene rings is 1. The average Bonchev–Trinajstić information content (AvgIpc) is 2.99. The number of unbranched alkanes of at least 4 members (excludes halogenated alkanes) is 1. The zero-order chi connectivity index (χ0) is 20.0. The largest absolute Gasteiger partial charge is 0.483 e. The molecule has 1 saturated heterocycles. The first-order valence-corrected chi connectivity index (χ1v) is 11.4. The van der Waals surface area contributed by atoms with E-state index in [9.17, 15) is 18.0 Å². The van der Waals surface area contributed by atoms with Crippen molar-refractivity contribution in [3.8, 4) is 5.75 Å². The highest BCUT2D eigenvalue weighted by molar-refractivity contribution is 9.10. The highest BCUT2D eigenvalue weighted by Crippen LogP contribution is 2.27. The summed E-state index contributed by atoms with van der Waals surface area (Å²) in [7, 11) is -1.78. The van der Waals surface area contributed by atoms with Gasteiger partial charge in [-0.15, -0.1) is 0 Å². The maximum atomic E-state index is 12.7. The number of hydrogen-bond acceptors (Lipinski definition) is 6. The summed E-state index contributed by atoms with van der Waals surface area (Å²) in [6.45, 7) is 2.34. The van der Waals surface area contributed by atoms with Gasteiger partial charge < -0.3 is 14.4 Å². The van der Waals surface area contributed by atoms with Gasteiger partial charge in [0.2, 0.25) is 0 Å². The molecule has 0 spiro atoms. The van der Waals surface area contributed by atoms with E-state index in [0.717, 1.165) is 12.8 Å². The highest BCUT2D eigenvalue weighted by atomic mass is 79.9. The van der Waals surface area contributed by atoms with Gasteiger partial charge in [0.1, 0.15) is 5.75 Å². The van der Waals surface area contributed by atoms with Crippen molar-refractivity contribution in [2.45, 2.75) is 32.2 Å². The number of sulfone groups is 1. The van der Waals surface area contributed by atoms with Crippen molar-refractivity contribution in [3.05, 3.63) is 28.2 Å². The molecular formula is C18H24BrNO6S. The molecule has 0 aromatic heterocycles. The number of halogens is 1. The van der Waals surface area contributed by atoms with E-state index in [-0.39, 0.29) is 30.1 Å². The molecule has 1 aromatic carbocycles. The zero-order valence-corrected chi connectivity index (χ0v) is 17.8. The molecule has 2 rings (SSSR count). The Morgan fingerprint density at radius 1 is 1.33 bits per heavy atom. The Balaban J connectivity index is 2.03. The lowest BCUT2D eigenvalue weighted by molar-refractivity contribution is -0.135. The lowest BCUT2D eigenvalue weighted by Crippen LogP contribution is -2.44. The smallest absolute Gasteiger partial charge is 0.337 e. The Morgan fingerprint density at radius 2 is 2.07 bits per heavy atom. The molecule has 1 unspecified atom stereocenters. The van der Waals surface area contributed by atoms with E-state index < -0.39 is 15.8 Å². The second kappa shape index (κ2) is 9.54. The predicted octanol–water partition coefficient (Wildman–Crippen LogP) is 2.43. The number of esters is 1. The van der Waals surface area contributed by atoms with Crippen molar-refractivity contribution in [2.75, 3.05) is 31.8 Å². The molecule has 1 atom stereocenters. The van der Waals surface area contributed by atoms with Gasteiger partial charge in [-0.2, -0.15) is 0 Å². The van der Waals surface area contributed by atoms with E-state index >= 15 is 0 Å². The van der Waals surface area contributed by atoms with Crippen LogP contribution in [0.1, 0.15) is 36.5 Å². The van der Waals surface area contributed by atoms with Gasteiger partial charge in [-0.3, -0.25) is 4.79 Å². The van der Waals surface area contributed by atoms with Crippen molar-refractivity contribution >= 4 is 37.6 Å². The normalized spacial score (nSPS) is 18.1. The average molecular weight is 462 g/mol. The lowest BCUT2D eigenvalue weighted by atomic mass is 10.2. The van der Waals surface area contributed by atoms with Crippen LogP contribution in [0.2, 0.25) is 0 Å². The zero-order valence-electron chi connectivity index (χ0n) is 15.4. The van der Waals surface area contributed by atoms with E-state index in [1.807, 2.05) is 6.92 Å². The van der Waals surface area contributed by atoms with Crippen LogP contribution in [-0.2, 0) is 19.4 Å². The highest BCUT2D eigenvalue weighted by Gasteiger charge is 2.34. The molecule has 1 fully saturated rings. The number of rotatable bonds is 8. The van der Waals surface area contributed by atoms with Crippen molar-refractivity contribution in [1.29, 1.82) is 0 Å². The third-order valence-corrected chi connectivity index (χ3v) is 6.80. The Kier molecular flexibility index (Phi) is 7.67. The van der Waals surface area contributed by atoms with E-state index in [1.54, 1.807) is 23.1 Å². The summed E-state index contributed by atoms with van der Waals surface area (Å²) in [4.78, 5) is 25.8. The van der Waals surface area contributed by atoms with Crippen LogP contribution in [0.3, 0.4) is 0 Å². The Bertz CT molecular complexity index is 795. The van der Waals surface area contributed by atoms with Crippen molar-refractivity contribution in [1.82, 2.24) is 4.90 Å². The van der Waals surface area contributed by atoms with Gasteiger partial charge in [-0.25, -0.2) is 13.2 Å². The molecule has 1 aliphatic heterocycles. The Morgan fingerprint density at radius 3 is 2.63 bits per heavy atom. The minimum absolute atomic E-state index is 0.0139. The predicted molar refractivity (Wildman–Crippen MR) is 105 cm³/mol. The summed E-state index contributed by atoms with van der Waals surface area (Å²) in [6, 6.07) is 4.40. The first-order valence-electron chi connectivity index (χ1n) is 8.78. The van der Waals surface area contributed by atoms with Crippen molar-refractivity contribution in [2.24, 2.45) is 0 Å². The minimum Gasteiger partial charge on any atom is -0.483 e. The summed E-state index contributed by atoms with van der Waals surface area (Å²) < 4.78 is 34.3. The van der Waals surface area contributed by atoms with E-state index in [0.29, 0.717) is 28.8 Å². The second-order valence-corrected chi connectivity index (χ2v) is 9.51. The maximum absolute atomic E-state index is 12.7. The maximum Gasteiger partial charge on any atom is 0.337 e. The van der Waals surface area contributed by atoms with Crippen LogP contribution in [-0.4, -0.2) is 63.0 Å². The second-order valence-electron chi connectivity index (χ2n) is 6.42. The Hall–Kier alpha value is -1.61. The molecule has 27 heavy (non-hydrogen) atoms. The van der Waals surface area contributed by atoms with Crippen molar-refractivity contribution in [3.63, 3.8) is 0 Å². The Labute approximate surface area is 168 Å². The van der Waals surface area contributed by atoms with Crippen LogP contribution in [0.15, 0.2) is 22.7 Å². The first-order chi connectivity index (χ1) is 12.8. The van der Waals surface area contributed by atoms with Crippen LogP contribution in [0.4, 0.5) is 0 Å². The van der Waals surface area contributed by atoms with E-state index in [1.165, 1.54) is 7.11 Å². The number of ether oxygens (including phenoxy) is 2. The van der Waals surface area contributed by atoms with Crippen molar-refractivity contribution < 1.29 is 27.5 Å². The van der Waals surface area contributed by atoms with Gasteiger partial charge in [-0.05, 0) is 47.0 Å². The molecule has 1 aromatic rings. The molecule has 1 heterocycles. The number of nitrogens with zero attached hydrogens (tertiary/aromatic N) is 1. The van der Waals surface area contributed by atoms with Gasteiger partial charge in [0.25, 0.3) is 5.91 Å². The van der Waals surface area contributed by atoms with Gasteiger partial charge >= 0.3 is 5.97 Å². The van der Waals surface area contributed by atoms with Gasteiger partial charge in [-0.1, -0.05) is 13.3 Å². The van der Waals surface area contributed by atoms with Crippen LogP contribution in [0.5, 0.6) is 5.75 Å². The number of carbonyl (C=O) groups is 2. The van der Waals surface area contributed by atoms with Crippen LogP contribution in [0.25, 0.3) is 0 Å². The number of amides is 1. The summed E-state index contributed by atoms with van der Waals surface area (Å²) in [6.07, 6.45) is 2.18. The molecule has 9 heteroatoms. The van der Waals surface area contributed by atoms with Gasteiger partial charge in [0.15, 0.2) is 16.4 Å². The summed E-state index contributed by atoms with van der Waals surface area (Å²) in [5, 5.41) is 0. The first kappa shape index (κ1) is 21.7. The fourth-order valence-corrected chi connectivity index (χ4v) is 5.17. The lowest BCUT2D eigenvalue weighted by Gasteiger charge is -2.28. The molecule has 0 bridgehead atoms. The number of carbonyl (C=O) groups excluding carboxylic acids is 2. The summed E-state index contributed by atoms with van der Waals surface area (Å²) >= 11 is 3.32. The van der Waals surface area contributed by atoms with Gasteiger partial charge in [0, 0.05) is 12.6 Å². The van der Waals surface area contributed by atoms with Crippen LogP contribution < -0.4 is 4.74 Å². The molecule has 0 N–H and O–H groups in total. The fourth-order valence-electron chi connectivity index (χ4n) is 2.95. The summed E-state index contributed by atoms with van der Waals surface area (Å²) in [5.41, 5.74) is 0.365. The fraction of sp³-hybridized carbons (Fsp3) is 0.556. The molecular weight excluding hydrogens is 438 g/mol. The topological polar surface area (TPSA) is 90.0 Å². The molecule has 7 nitrogen and oxygen atoms in total. The third-order valence-electron chi connectivity index (χ3n) is 4.43. The minimum atomic E-state index is -3.07.